The Morgan fingerprint density at radius 1 is 1.41 bits per heavy atom. The van der Waals surface area contributed by atoms with Crippen LogP contribution in [0.4, 0.5) is 0 Å². The highest BCUT2D eigenvalue weighted by Crippen LogP contribution is 2.39. The normalized spacial score (nSPS) is 31.4. The molecule has 2 rings (SSSR count). The van der Waals surface area contributed by atoms with E-state index in [0.29, 0.717) is 24.7 Å². The molecule has 7 heteroatoms. The van der Waals surface area contributed by atoms with E-state index in [1.807, 2.05) is 0 Å². The van der Waals surface area contributed by atoms with Crippen molar-refractivity contribution in [1.82, 2.24) is 0 Å². The van der Waals surface area contributed by atoms with Crippen molar-refractivity contribution in [3.8, 4) is 0 Å². The molecule has 146 valence electrons. The zero-order valence-electron chi connectivity index (χ0n) is 15.5. The zero-order valence-corrected chi connectivity index (χ0v) is 15.5. The molecule has 1 fully saturated rings. The number of allylic oxidation sites excluding steroid dienone is 1. The second-order valence-corrected chi connectivity index (χ2v) is 6.69. The lowest BCUT2D eigenvalue weighted by atomic mass is 9.80. The summed E-state index contributed by atoms with van der Waals surface area (Å²) in [5.41, 5.74) is 0.858. The molecule has 2 aliphatic rings. The number of esters is 2. The summed E-state index contributed by atoms with van der Waals surface area (Å²) in [6.07, 6.45) is -1.26. The number of carbonyl (C=O) groups is 3. The summed E-state index contributed by atoms with van der Waals surface area (Å²) >= 11 is 0. The summed E-state index contributed by atoms with van der Waals surface area (Å²) in [7, 11) is 1.36. The van der Waals surface area contributed by atoms with Gasteiger partial charge in [-0.1, -0.05) is 25.8 Å². The third-order valence-corrected chi connectivity index (χ3v) is 4.80. The maximum atomic E-state index is 12.2. The number of aliphatic hydroxyl groups excluding tert-OH is 1. The van der Waals surface area contributed by atoms with Crippen LogP contribution in [0.3, 0.4) is 0 Å². The number of rotatable bonds is 4. The van der Waals surface area contributed by atoms with Crippen LogP contribution in [0.5, 0.6) is 0 Å². The van der Waals surface area contributed by atoms with Gasteiger partial charge >= 0.3 is 11.9 Å². The van der Waals surface area contributed by atoms with E-state index in [9.17, 15) is 19.5 Å². The third kappa shape index (κ3) is 4.09. The van der Waals surface area contributed by atoms with Crippen LogP contribution in [0.1, 0.15) is 19.8 Å². The average Bonchev–Trinajstić information content (AvgIpc) is 2.92. The molecule has 0 spiro atoms. The average molecular weight is 376 g/mol. The summed E-state index contributed by atoms with van der Waals surface area (Å²) in [5.74, 6) is -2.35. The molecule has 0 aromatic rings. The fourth-order valence-corrected chi connectivity index (χ4v) is 3.30. The van der Waals surface area contributed by atoms with E-state index in [1.54, 1.807) is 6.08 Å². The van der Waals surface area contributed by atoms with Gasteiger partial charge in [0.2, 0.25) is 0 Å². The number of hydrogen-bond acceptors (Lipinski definition) is 7. The summed E-state index contributed by atoms with van der Waals surface area (Å²) in [6, 6.07) is 0. The van der Waals surface area contributed by atoms with Gasteiger partial charge in [-0.2, -0.15) is 0 Å². The van der Waals surface area contributed by atoms with Crippen LogP contribution in [0, 0.1) is 5.92 Å². The second kappa shape index (κ2) is 8.45. The molecule has 0 amide bonds. The first-order chi connectivity index (χ1) is 12.7. The molecule has 1 aliphatic carbocycles. The number of fused-ring (bicyclic) bond motifs is 1. The molecule has 1 N–H and O–H groups in total. The Morgan fingerprint density at radius 3 is 2.63 bits per heavy atom. The molecule has 0 aromatic carbocycles. The molecule has 1 saturated heterocycles. The lowest BCUT2D eigenvalue weighted by Gasteiger charge is -2.35. The molecular weight excluding hydrogens is 352 g/mol. The van der Waals surface area contributed by atoms with Crippen LogP contribution in [-0.4, -0.2) is 54.9 Å². The molecule has 5 unspecified atom stereocenters. The van der Waals surface area contributed by atoms with Crippen molar-refractivity contribution in [3.63, 3.8) is 0 Å². The highest BCUT2D eigenvalue weighted by atomic mass is 16.6. The molecule has 0 bridgehead atoms. The predicted octanol–water partition coefficient (Wildman–Crippen LogP) is 1.42. The molecule has 7 nitrogen and oxygen atoms in total. The molecular formula is C20H24O7. The van der Waals surface area contributed by atoms with Gasteiger partial charge in [0.15, 0.2) is 0 Å². The minimum atomic E-state index is -1.17. The fraction of sp³-hybridized carbons (Fsp3) is 0.450. The maximum absolute atomic E-state index is 12.2. The van der Waals surface area contributed by atoms with Gasteiger partial charge in [-0.05, 0) is 25.3 Å². The summed E-state index contributed by atoms with van der Waals surface area (Å²) < 4.78 is 16.3. The molecule has 0 radical (unpaired) electrons. The van der Waals surface area contributed by atoms with Crippen LogP contribution in [0.2, 0.25) is 0 Å². The van der Waals surface area contributed by atoms with Gasteiger partial charge < -0.3 is 19.3 Å². The van der Waals surface area contributed by atoms with Gasteiger partial charge in [0, 0.05) is 23.8 Å². The molecule has 27 heavy (non-hydrogen) atoms. The van der Waals surface area contributed by atoms with E-state index in [1.165, 1.54) is 14.0 Å². The molecule has 1 heterocycles. The highest BCUT2D eigenvalue weighted by molar-refractivity contribution is 5.92. The Morgan fingerprint density at radius 2 is 2.07 bits per heavy atom. The Balaban J connectivity index is 2.61. The summed E-state index contributed by atoms with van der Waals surface area (Å²) in [5, 5.41) is 10.6. The Hall–Kier alpha value is -2.51. The van der Waals surface area contributed by atoms with Crippen molar-refractivity contribution in [2.75, 3.05) is 7.11 Å². The minimum absolute atomic E-state index is 0.0271. The van der Waals surface area contributed by atoms with Crippen molar-refractivity contribution in [3.05, 3.63) is 48.1 Å². The van der Waals surface area contributed by atoms with E-state index in [2.05, 4.69) is 19.7 Å². The van der Waals surface area contributed by atoms with Gasteiger partial charge in [0.25, 0.3) is 0 Å². The fourth-order valence-electron chi connectivity index (χ4n) is 3.30. The zero-order chi connectivity index (χ0) is 20.3. The maximum Gasteiger partial charge on any atom is 0.334 e. The summed E-state index contributed by atoms with van der Waals surface area (Å²) in [6.45, 7) is 12.6. The topological polar surface area (TPSA) is 99.1 Å². The SMILES string of the molecule is C=C(C)C(=O)OC1C(OC)C(C=O)=CCCC(=C)C(O)C2OC(=O)C(=C)C21. The van der Waals surface area contributed by atoms with E-state index in [0.717, 1.165) is 0 Å². The number of hydrogen-bond donors (Lipinski definition) is 1. The van der Waals surface area contributed by atoms with E-state index in [-0.39, 0.29) is 16.7 Å². The van der Waals surface area contributed by atoms with Crippen LogP contribution in [-0.2, 0) is 28.6 Å². The largest absolute Gasteiger partial charge is 0.455 e. The molecule has 5 atom stereocenters. The first-order valence-corrected chi connectivity index (χ1v) is 8.52. The van der Waals surface area contributed by atoms with Crippen molar-refractivity contribution in [2.24, 2.45) is 5.92 Å². The third-order valence-electron chi connectivity index (χ3n) is 4.80. The number of aldehydes is 1. The van der Waals surface area contributed by atoms with Crippen LogP contribution in [0.15, 0.2) is 48.1 Å². The quantitative estimate of drug-likeness (QED) is 0.343. The Bertz CT molecular complexity index is 718. The second-order valence-electron chi connectivity index (χ2n) is 6.69. The van der Waals surface area contributed by atoms with Crippen molar-refractivity contribution < 1.29 is 33.7 Å². The smallest absolute Gasteiger partial charge is 0.334 e. The number of ether oxygens (including phenoxy) is 3. The predicted molar refractivity (Wildman–Crippen MR) is 96.5 cm³/mol. The number of carbonyl (C=O) groups excluding carboxylic acids is 3. The minimum Gasteiger partial charge on any atom is -0.455 e. The molecule has 0 saturated carbocycles. The summed E-state index contributed by atoms with van der Waals surface area (Å²) in [4.78, 5) is 36.0. The van der Waals surface area contributed by atoms with Crippen molar-refractivity contribution in [1.29, 1.82) is 0 Å². The van der Waals surface area contributed by atoms with E-state index >= 15 is 0 Å². The van der Waals surface area contributed by atoms with Crippen LogP contribution < -0.4 is 0 Å². The van der Waals surface area contributed by atoms with Crippen LogP contribution >= 0.6 is 0 Å². The number of methoxy groups -OCH3 is 1. The van der Waals surface area contributed by atoms with Crippen molar-refractivity contribution in [2.45, 2.75) is 44.2 Å². The van der Waals surface area contributed by atoms with Gasteiger partial charge in [0.05, 0.1) is 5.92 Å². The molecule has 0 aromatic heterocycles. The first kappa shape index (κ1) is 20.8. The Labute approximate surface area is 158 Å². The van der Waals surface area contributed by atoms with Gasteiger partial charge in [0.1, 0.15) is 30.7 Å². The van der Waals surface area contributed by atoms with Gasteiger partial charge in [-0.25, -0.2) is 9.59 Å². The molecule has 1 aliphatic heterocycles. The van der Waals surface area contributed by atoms with E-state index < -0.39 is 42.3 Å². The monoisotopic (exact) mass is 376 g/mol. The van der Waals surface area contributed by atoms with Gasteiger partial charge in [-0.15, -0.1) is 0 Å². The lowest BCUT2D eigenvalue weighted by molar-refractivity contribution is -0.158. The Kier molecular flexibility index (Phi) is 6.51. The standard InChI is InChI=1S/C20H24O7/c1-10(2)19(23)27-18-14-12(4)20(24)26-17(14)15(22)11(3)7-6-8-13(9-21)16(18)25-5/h8-9,14-18,22H,1,3-4,6-7H2,2,5H3. The van der Waals surface area contributed by atoms with Crippen molar-refractivity contribution >= 4 is 18.2 Å². The lowest BCUT2D eigenvalue weighted by Crippen LogP contribution is -2.47. The first-order valence-electron chi connectivity index (χ1n) is 8.52. The van der Waals surface area contributed by atoms with E-state index in [4.69, 9.17) is 14.2 Å². The van der Waals surface area contributed by atoms with Gasteiger partial charge in [-0.3, -0.25) is 4.79 Å². The number of aliphatic hydroxyl groups is 1. The highest BCUT2D eigenvalue weighted by Gasteiger charge is 2.52. The van der Waals surface area contributed by atoms with Crippen LogP contribution in [0.25, 0.3) is 0 Å².